The molecule has 0 saturated carbocycles. The minimum absolute atomic E-state index is 0. The SMILES string of the molecule is CCC1CNCc2cc([N+](=O)[O-])ccc2O1.CCC1CNCc2ccccc2O1.Cl.Cl. The van der Waals surface area contributed by atoms with E-state index in [0.717, 1.165) is 49.5 Å². The highest BCUT2D eigenvalue weighted by atomic mass is 35.5. The smallest absolute Gasteiger partial charge is 0.270 e. The first kappa shape index (κ1) is 27.0. The number of para-hydroxylation sites is 1. The van der Waals surface area contributed by atoms with Crippen LogP contribution in [-0.4, -0.2) is 30.2 Å². The Kier molecular flexibility index (Phi) is 11.6. The van der Waals surface area contributed by atoms with Gasteiger partial charge in [0, 0.05) is 49.4 Å². The van der Waals surface area contributed by atoms with Gasteiger partial charge in [0.2, 0.25) is 0 Å². The first-order valence-corrected chi connectivity index (χ1v) is 10.2. The molecule has 0 amide bonds. The van der Waals surface area contributed by atoms with Crippen LogP contribution >= 0.6 is 24.8 Å². The van der Waals surface area contributed by atoms with Gasteiger partial charge in [-0.2, -0.15) is 0 Å². The Hall–Kier alpha value is -2.06. The predicted octanol–water partition coefficient (Wildman–Crippen LogP) is 4.65. The number of non-ortho nitro benzene ring substituents is 1. The lowest BCUT2D eigenvalue weighted by Crippen LogP contribution is -2.27. The maximum Gasteiger partial charge on any atom is 0.270 e. The van der Waals surface area contributed by atoms with E-state index in [2.05, 4.69) is 36.6 Å². The lowest BCUT2D eigenvalue weighted by molar-refractivity contribution is -0.384. The van der Waals surface area contributed by atoms with E-state index in [9.17, 15) is 10.1 Å². The zero-order chi connectivity index (χ0) is 20.6. The van der Waals surface area contributed by atoms with E-state index < -0.39 is 0 Å². The molecule has 9 heteroatoms. The van der Waals surface area contributed by atoms with Gasteiger partial charge in [0.1, 0.15) is 23.7 Å². The monoisotopic (exact) mass is 471 g/mol. The molecular weight excluding hydrogens is 441 g/mol. The summed E-state index contributed by atoms with van der Waals surface area (Å²) in [5.41, 5.74) is 2.22. The van der Waals surface area contributed by atoms with Crippen LogP contribution in [0, 0.1) is 10.1 Å². The highest BCUT2D eigenvalue weighted by molar-refractivity contribution is 5.85. The quantitative estimate of drug-likeness (QED) is 0.500. The molecule has 7 nitrogen and oxygen atoms in total. The van der Waals surface area contributed by atoms with Crippen LogP contribution in [0.5, 0.6) is 11.5 Å². The highest BCUT2D eigenvalue weighted by Crippen LogP contribution is 2.27. The lowest BCUT2D eigenvalue weighted by Gasteiger charge is -2.14. The largest absolute Gasteiger partial charge is 0.489 e. The van der Waals surface area contributed by atoms with E-state index in [1.807, 2.05) is 12.1 Å². The molecule has 2 atom stereocenters. The third kappa shape index (κ3) is 7.54. The Labute approximate surface area is 195 Å². The maximum atomic E-state index is 10.6. The van der Waals surface area contributed by atoms with Crippen molar-refractivity contribution in [2.75, 3.05) is 13.1 Å². The van der Waals surface area contributed by atoms with Gasteiger partial charge in [0.15, 0.2) is 0 Å². The summed E-state index contributed by atoms with van der Waals surface area (Å²) in [5.74, 6) is 1.79. The number of nitro groups is 1. The molecule has 0 bridgehead atoms. The third-order valence-electron chi connectivity index (χ3n) is 5.10. The first-order valence-electron chi connectivity index (χ1n) is 10.2. The molecule has 0 aliphatic carbocycles. The van der Waals surface area contributed by atoms with Crippen molar-refractivity contribution in [1.29, 1.82) is 0 Å². The fourth-order valence-corrected chi connectivity index (χ4v) is 3.33. The van der Waals surface area contributed by atoms with Crippen LogP contribution in [0.1, 0.15) is 37.8 Å². The maximum absolute atomic E-state index is 10.6. The van der Waals surface area contributed by atoms with Crippen LogP contribution in [0.3, 0.4) is 0 Å². The molecule has 2 unspecified atom stereocenters. The summed E-state index contributed by atoms with van der Waals surface area (Å²) in [6.07, 6.45) is 2.44. The molecule has 0 aromatic heterocycles. The minimum atomic E-state index is -0.386. The van der Waals surface area contributed by atoms with Crippen LogP contribution in [0.4, 0.5) is 5.69 Å². The van der Waals surface area contributed by atoms with Gasteiger partial charge in [-0.25, -0.2) is 0 Å². The molecule has 2 aromatic carbocycles. The summed E-state index contributed by atoms with van der Waals surface area (Å²) in [6.45, 7) is 7.48. The van der Waals surface area contributed by atoms with Gasteiger partial charge in [-0.15, -0.1) is 24.8 Å². The van der Waals surface area contributed by atoms with Crippen LogP contribution in [0.15, 0.2) is 42.5 Å². The Morgan fingerprint density at radius 1 is 0.903 bits per heavy atom. The molecule has 172 valence electrons. The Bertz CT molecular complexity index is 838. The number of ether oxygens (including phenoxy) is 2. The molecular formula is C22H31Cl2N3O4. The molecule has 4 rings (SSSR count). The number of hydrogen-bond donors (Lipinski definition) is 2. The van der Waals surface area contributed by atoms with Crippen molar-refractivity contribution in [3.63, 3.8) is 0 Å². The van der Waals surface area contributed by atoms with E-state index >= 15 is 0 Å². The van der Waals surface area contributed by atoms with E-state index in [1.165, 1.54) is 11.6 Å². The molecule has 0 saturated heterocycles. The van der Waals surface area contributed by atoms with Gasteiger partial charge < -0.3 is 20.1 Å². The van der Waals surface area contributed by atoms with Crippen LogP contribution < -0.4 is 20.1 Å². The van der Waals surface area contributed by atoms with E-state index in [1.54, 1.807) is 12.1 Å². The number of benzene rings is 2. The zero-order valence-corrected chi connectivity index (χ0v) is 19.5. The summed E-state index contributed by atoms with van der Waals surface area (Å²) in [4.78, 5) is 10.3. The second-order valence-corrected chi connectivity index (χ2v) is 7.21. The normalized spacial score (nSPS) is 19.0. The topological polar surface area (TPSA) is 85.7 Å². The van der Waals surface area contributed by atoms with Gasteiger partial charge in [0.05, 0.1) is 4.92 Å². The second-order valence-electron chi connectivity index (χ2n) is 7.21. The van der Waals surface area contributed by atoms with Crippen molar-refractivity contribution in [1.82, 2.24) is 10.6 Å². The van der Waals surface area contributed by atoms with Gasteiger partial charge in [-0.05, 0) is 25.0 Å². The summed E-state index contributed by atoms with van der Waals surface area (Å²) in [5, 5.41) is 17.2. The van der Waals surface area contributed by atoms with E-state index in [-0.39, 0.29) is 41.5 Å². The first-order chi connectivity index (χ1) is 14.1. The Balaban J connectivity index is 0.000000296. The fraction of sp³-hybridized carbons (Fsp3) is 0.455. The summed E-state index contributed by atoms with van der Waals surface area (Å²) in [6, 6.07) is 13.0. The molecule has 0 spiro atoms. The van der Waals surface area contributed by atoms with Crippen molar-refractivity contribution < 1.29 is 14.4 Å². The Morgan fingerprint density at radius 3 is 2.03 bits per heavy atom. The standard InChI is InChI=1S/C11H14N2O3.C11H15NO.2ClH/c1-2-10-7-12-6-8-5-9(13(14)15)3-4-11(8)16-10;1-2-10-8-12-7-9-5-3-4-6-11(9)13-10;;/h3-5,10,12H,2,6-7H2,1H3;3-6,10,12H,2,7-8H2,1H3;2*1H. The second kappa shape index (κ2) is 13.4. The van der Waals surface area contributed by atoms with Gasteiger partial charge in [-0.3, -0.25) is 10.1 Å². The van der Waals surface area contributed by atoms with Crippen LogP contribution in [0.2, 0.25) is 0 Å². The van der Waals surface area contributed by atoms with Crippen LogP contribution in [0.25, 0.3) is 0 Å². The number of halogens is 2. The van der Waals surface area contributed by atoms with E-state index in [0.29, 0.717) is 12.6 Å². The molecule has 2 aliphatic rings. The fourth-order valence-electron chi connectivity index (χ4n) is 3.33. The van der Waals surface area contributed by atoms with Gasteiger partial charge >= 0.3 is 0 Å². The minimum Gasteiger partial charge on any atom is -0.489 e. The molecule has 2 N–H and O–H groups in total. The molecule has 0 fully saturated rings. The number of fused-ring (bicyclic) bond motifs is 2. The number of rotatable bonds is 3. The molecule has 2 aromatic rings. The van der Waals surface area contributed by atoms with Crippen molar-refractivity contribution in [2.45, 2.75) is 52.0 Å². The molecule has 0 radical (unpaired) electrons. The lowest BCUT2D eigenvalue weighted by atomic mass is 10.2. The van der Waals surface area contributed by atoms with Crippen molar-refractivity contribution in [3.05, 3.63) is 63.7 Å². The Morgan fingerprint density at radius 2 is 1.45 bits per heavy atom. The zero-order valence-electron chi connectivity index (χ0n) is 17.8. The van der Waals surface area contributed by atoms with Crippen molar-refractivity contribution in [2.24, 2.45) is 0 Å². The summed E-state index contributed by atoms with van der Waals surface area (Å²) in [7, 11) is 0. The molecule has 2 aliphatic heterocycles. The molecule has 31 heavy (non-hydrogen) atoms. The third-order valence-corrected chi connectivity index (χ3v) is 5.10. The summed E-state index contributed by atoms with van der Waals surface area (Å²) >= 11 is 0. The highest BCUT2D eigenvalue weighted by Gasteiger charge is 2.18. The summed E-state index contributed by atoms with van der Waals surface area (Å²) < 4.78 is 11.6. The van der Waals surface area contributed by atoms with Gasteiger partial charge in [0.25, 0.3) is 5.69 Å². The average Bonchev–Trinajstić information content (AvgIpc) is 3.08. The number of nitrogens with one attached hydrogen (secondary N) is 2. The number of nitrogens with zero attached hydrogens (tertiary/aromatic N) is 1. The predicted molar refractivity (Wildman–Crippen MR) is 127 cm³/mol. The van der Waals surface area contributed by atoms with Crippen LogP contribution in [-0.2, 0) is 13.1 Å². The van der Waals surface area contributed by atoms with Gasteiger partial charge in [-0.1, -0.05) is 32.0 Å². The van der Waals surface area contributed by atoms with E-state index in [4.69, 9.17) is 9.47 Å². The number of hydrogen-bond acceptors (Lipinski definition) is 6. The molecule has 2 heterocycles. The van der Waals surface area contributed by atoms with Crippen molar-refractivity contribution in [3.8, 4) is 11.5 Å². The average molecular weight is 472 g/mol. The van der Waals surface area contributed by atoms with Crippen molar-refractivity contribution >= 4 is 30.5 Å². The number of nitro benzene ring substituents is 1.